The van der Waals surface area contributed by atoms with Crippen molar-refractivity contribution in [3.63, 3.8) is 0 Å². The van der Waals surface area contributed by atoms with Crippen LogP contribution in [0.25, 0.3) is 0 Å². The molecule has 0 aliphatic heterocycles. The van der Waals surface area contributed by atoms with Crippen LogP contribution in [0.3, 0.4) is 0 Å². The van der Waals surface area contributed by atoms with Crippen molar-refractivity contribution >= 4 is 11.8 Å². The van der Waals surface area contributed by atoms with Crippen LogP contribution >= 0.6 is 11.8 Å². The summed E-state index contributed by atoms with van der Waals surface area (Å²) in [6.07, 6.45) is 1.77. The highest BCUT2D eigenvalue weighted by Gasteiger charge is 2.11. The Hall–Kier alpha value is -0.670. The largest absolute Gasteiger partial charge is 0.507 e. The van der Waals surface area contributed by atoms with Crippen LogP contribution in [-0.4, -0.2) is 22.1 Å². The van der Waals surface area contributed by atoms with Crippen molar-refractivity contribution in [2.75, 3.05) is 6.61 Å². The Labute approximate surface area is 95.3 Å². The monoisotopic (exact) mass is 226 g/mol. The van der Waals surface area contributed by atoms with Gasteiger partial charge in [0.05, 0.1) is 0 Å². The standard InChI is InChI=1S/C12H18O2S/c1-3-10(7-8-13)15-11-6-4-5-9(2)12(11)14/h4-6,10,13-14H,3,7-8H2,1-2H3. The van der Waals surface area contributed by atoms with Crippen molar-refractivity contribution in [2.45, 2.75) is 36.8 Å². The lowest BCUT2D eigenvalue weighted by molar-refractivity contribution is 0.286. The van der Waals surface area contributed by atoms with E-state index < -0.39 is 0 Å². The summed E-state index contributed by atoms with van der Waals surface area (Å²) in [5, 5.41) is 19.1. The molecule has 3 heteroatoms. The fourth-order valence-corrected chi connectivity index (χ4v) is 2.58. The molecule has 1 aromatic rings. The molecule has 0 saturated carbocycles. The maximum Gasteiger partial charge on any atom is 0.132 e. The second kappa shape index (κ2) is 6.03. The van der Waals surface area contributed by atoms with Crippen LogP contribution in [0.15, 0.2) is 23.1 Å². The SMILES string of the molecule is CCC(CCO)Sc1cccc(C)c1O. The van der Waals surface area contributed by atoms with Gasteiger partial charge in [-0.25, -0.2) is 0 Å². The Bertz CT molecular complexity index is 312. The molecule has 0 spiro atoms. The van der Waals surface area contributed by atoms with Crippen LogP contribution in [0.5, 0.6) is 5.75 Å². The van der Waals surface area contributed by atoms with Crippen molar-refractivity contribution in [3.8, 4) is 5.75 Å². The van der Waals surface area contributed by atoms with Gasteiger partial charge in [-0.1, -0.05) is 19.1 Å². The Balaban J connectivity index is 2.74. The number of para-hydroxylation sites is 1. The minimum Gasteiger partial charge on any atom is -0.507 e. The fourth-order valence-electron chi connectivity index (χ4n) is 1.40. The lowest BCUT2D eigenvalue weighted by Gasteiger charge is -2.14. The first-order valence-electron chi connectivity index (χ1n) is 5.25. The number of phenols is 1. The molecule has 2 N–H and O–H groups in total. The second-order valence-corrected chi connectivity index (χ2v) is 4.92. The molecule has 0 amide bonds. The average molecular weight is 226 g/mol. The summed E-state index contributed by atoms with van der Waals surface area (Å²) in [6.45, 7) is 4.20. The summed E-state index contributed by atoms with van der Waals surface area (Å²) in [5.41, 5.74) is 0.902. The highest BCUT2D eigenvalue weighted by molar-refractivity contribution is 8.00. The maximum absolute atomic E-state index is 9.83. The van der Waals surface area contributed by atoms with Crippen LogP contribution in [0.1, 0.15) is 25.3 Å². The van der Waals surface area contributed by atoms with Crippen LogP contribution in [0.4, 0.5) is 0 Å². The Morgan fingerprint density at radius 1 is 1.40 bits per heavy atom. The first-order valence-corrected chi connectivity index (χ1v) is 6.13. The number of thioether (sulfide) groups is 1. The second-order valence-electron chi connectivity index (χ2n) is 3.58. The lowest BCUT2D eigenvalue weighted by atomic mass is 10.2. The molecular weight excluding hydrogens is 208 g/mol. The molecule has 0 aromatic heterocycles. The summed E-state index contributed by atoms with van der Waals surface area (Å²) >= 11 is 1.64. The van der Waals surface area contributed by atoms with Gasteiger partial charge < -0.3 is 10.2 Å². The molecule has 0 aliphatic rings. The van der Waals surface area contributed by atoms with E-state index >= 15 is 0 Å². The van der Waals surface area contributed by atoms with E-state index in [1.807, 2.05) is 25.1 Å². The summed E-state index contributed by atoms with van der Waals surface area (Å²) in [5.74, 6) is 0.374. The molecule has 0 fully saturated rings. The van der Waals surface area contributed by atoms with Gasteiger partial charge in [-0.2, -0.15) is 0 Å². The average Bonchev–Trinajstić information content (AvgIpc) is 2.24. The van der Waals surface area contributed by atoms with E-state index in [4.69, 9.17) is 5.11 Å². The third-order valence-electron chi connectivity index (χ3n) is 2.40. The Kier molecular flexibility index (Phi) is 4.99. The number of aliphatic hydroxyl groups is 1. The molecule has 0 radical (unpaired) electrons. The Morgan fingerprint density at radius 3 is 2.73 bits per heavy atom. The molecule has 15 heavy (non-hydrogen) atoms. The lowest BCUT2D eigenvalue weighted by Crippen LogP contribution is -2.03. The molecule has 0 aliphatic carbocycles. The third kappa shape index (κ3) is 3.43. The molecule has 0 saturated heterocycles. The number of aliphatic hydroxyl groups excluding tert-OH is 1. The highest BCUT2D eigenvalue weighted by atomic mass is 32.2. The molecule has 1 unspecified atom stereocenters. The smallest absolute Gasteiger partial charge is 0.132 e. The van der Waals surface area contributed by atoms with Gasteiger partial charge >= 0.3 is 0 Å². The first kappa shape index (κ1) is 12.4. The first-order chi connectivity index (χ1) is 7.19. The zero-order valence-electron chi connectivity index (χ0n) is 9.23. The molecule has 0 bridgehead atoms. The van der Waals surface area contributed by atoms with Crippen molar-refractivity contribution in [1.29, 1.82) is 0 Å². The van der Waals surface area contributed by atoms with Crippen LogP contribution in [0.2, 0.25) is 0 Å². The van der Waals surface area contributed by atoms with Crippen LogP contribution in [0, 0.1) is 6.92 Å². The number of benzene rings is 1. The van der Waals surface area contributed by atoms with Gasteiger partial charge in [0.1, 0.15) is 5.75 Å². The number of aryl methyl sites for hydroxylation is 1. The summed E-state index contributed by atoms with van der Waals surface area (Å²) in [7, 11) is 0. The number of hydrogen-bond acceptors (Lipinski definition) is 3. The van der Waals surface area contributed by atoms with E-state index in [1.54, 1.807) is 11.8 Å². The summed E-state index contributed by atoms with van der Waals surface area (Å²) in [6, 6.07) is 5.77. The maximum atomic E-state index is 9.83. The van der Waals surface area contributed by atoms with E-state index in [-0.39, 0.29) is 6.61 Å². The fraction of sp³-hybridized carbons (Fsp3) is 0.500. The zero-order valence-corrected chi connectivity index (χ0v) is 10.0. The number of hydrogen-bond donors (Lipinski definition) is 2. The van der Waals surface area contributed by atoms with E-state index in [1.165, 1.54) is 0 Å². The zero-order chi connectivity index (χ0) is 11.3. The summed E-state index contributed by atoms with van der Waals surface area (Å²) < 4.78 is 0. The molecule has 1 aromatic carbocycles. The minimum absolute atomic E-state index is 0.206. The molecule has 2 nitrogen and oxygen atoms in total. The minimum atomic E-state index is 0.206. The molecule has 1 atom stereocenters. The highest BCUT2D eigenvalue weighted by Crippen LogP contribution is 2.35. The van der Waals surface area contributed by atoms with E-state index in [9.17, 15) is 5.11 Å². The van der Waals surface area contributed by atoms with Gasteiger partial charge in [0, 0.05) is 16.8 Å². The number of rotatable bonds is 5. The molecule has 84 valence electrons. The van der Waals surface area contributed by atoms with Gasteiger partial charge in [0.15, 0.2) is 0 Å². The van der Waals surface area contributed by atoms with Gasteiger partial charge in [-0.15, -0.1) is 11.8 Å². The predicted octanol–water partition coefficient (Wildman–Crippen LogP) is 2.95. The van der Waals surface area contributed by atoms with Crippen molar-refractivity contribution in [1.82, 2.24) is 0 Å². The van der Waals surface area contributed by atoms with Gasteiger partial charge in [-0.05, 0) is 31.4 Å². The van der Waals surface area contributed by atoms with Crippen LogP contribution < -0.4 is 0 Å². The Morgan fingerprint density at radius 2 is 2.13 bits per heavy atom. The quantitative estimate of drug-likeness (QED) is 0.758. The third-order valence-corrected chi connectivity index (χ3v) is 3.89. The van der Waals surface area contributed by atoms with Gasteiger partial charge in [0.2, 0.25) is 0 Å². The van der Waals surface area contributed by atoms with Gasteiger partial charge in [-0.3, -0.25) is 0 Å². The number of aromatic hydroxyl groups is 1. The molecule has 0 heterocycles. The topological polar surface area (TPSA) is 40.5 Å². The van der Waals surface area contributed by atoms with Crippen molar-refractivity contribution in [3.05, 3.63) is 23.8 Å². The predicted molar refractivity (Wildman–Crippen MR) is 64.5 cm³/mol. The van der Waals surface area contributed by atoms with Crippen molar-refractivity contribution < 1.29 is 10.2 Å². The molecular formula is C12H18O2S. The van der Waals surface area contributed by atoms with E-state index in [0.717, 1.165) is 23.3 Å². The van der Waals surface area contributed by atoms with E-state index in [2.05, 4.69) is 6.92 Å². The summed E-state index contributed by atoms with van der Waals surface area (Å²) in [4.78, 5) is 0.912. The van der Waals surface area contributed by atoms with Crippen molar-refractivity contribution in [2.24, 2.45) is 0 Å². The normalized spacial score (nSPS) is 12.7. The number of phenolic OH excluding ortho intramolecular Hbond substituents is 1. The van der Waals surface area contributed by atoms with E-state index in [0.29, 0.717) is 11.0 Å². The van der Waals surface area contributed by atoms with Gasteiger partial charge in [0.25, 0.3) is 0 Å². The molecule has 1 rings (SSSR count). The van der Waals surface area contributed by atoms with Crippen LogP contribution in [-0.2, 0) is 0 Å².